The zero-order valence-electron chi connectivity index (χ0n) is 11.2. The summed E-state index contributed by atoms with van der Waals surface area (Å²) >= 11 is 0. The van der Waals surface area contributed by atoms with E-state index >= 15 is 0 Å². The number of carbonyl (C=O) groups excluding carboxylic acids is 1. The number of terminal acetylenes is 1. The normalized spacial score (nSPS) is 10.3. The molecular weight excluding hydrogens is 266 g/mol. The number of fused-ring (bicyclic) bond motifs is 1. The van der Waals surface area contributed by atoms with Crippen LogP contribution in [-0.2, 0) is 0 Å². The minimum atomic E-state index is -0.408. The van der Waals surface area contributed by atoms with Crippen LogP contribution in [0.15, 0.2) is 36.5 Å². The van der Waals surface area contributed by atoms with Crippen LogP contribution in [0.3, 0.4) is 0 Å². The van der Waals surface area contributed by atoms with Gasteiger partial charge in [-0.15, -0.1) is 11.5 Å². The Labute approximate surface area is 120 Å². The van der Waals surface area contributed by atoms with Gasteiger partial charge in [-0.25, -0.2) is 9.50 Å². The number of nitrogens with zero attached hydrogens (tertiary/aromatic N) is 4. The van der Waals surface area contributed by atoms with Crippen molar-refractivity contribution >= 4 is 17.4 Å². The van der Waals surface area contributed by atoms with E-state index in [0.29, 0.717) is 17.0 Å². The monoisotopic (exact) mass is 277 g/mol. The van der Waals surface area contributed by atoms with E-state index in [9.17, 15) is 4.79 Å². The summed E-state index contributed by atoms with van der Waals surface area (Å²) in [7, 11) is 0. The summed E-state index contributed by atoms with van der Waals surface area (Å²) in [6, 6.07) is 8.80. The number of carbonyl (C=O) groups is 1. The number of aryl methyl sites for hydroxylation is 1. The van der Waals surface area contributed by atoms with Crippen molar-refractivity contribution in [1.29, 1.82) is 0 Å². The van der Waals surface area contributed by atoms with Crippen LogP contribution in [0.25, 0.3) is 5.78 Å². The highest BCUT2D eigenvalue weighted by Crippen LogP contribution is 2.11. The second kappa shape index (κ2) is 5.06. The van der Waals surface area contributed by atoms with Crippen LogP contribution >= 0.6 is 0 Å². The van der Waals surface area contributed by atoms with Gasteiger partial charge in [-0.05, 0) is 31.2 Å². The Balaban J connectivity index is 1.90. The Morgan fingerprint density at radius 1 is 1.38 bits per heavy atom. The molecule has 0 saturated carbocycles. The fraction of sp³-hybridized carbons (Fsp3) is 0.0667. The number of benzene rings is 1. The number of rotatable bonds is 2. The maximum atomic E-state index is 12.2. The predicted molar refractivity (Wildman–Crippen MR) is 77.8 cm³/mol. The molecule has 6 heteroatoms. The molecule has 2 aromatic heterocycles. The number of nitrogens with one attached hydrogen (secondary N) is 1. The first-order valence-electron chi connectivity index (χ1n) is 6.24. The van der Waals surface area contributed by atoms with Crippen LogP contribution < -0.4 is 5.32 Å². The number of hydrogen-bond donors (Lipinski definition) is 1. The maximum absolute atomic E-state index is 12.2. The fourth-order valence-corrected chi connectivity index (χ4v) is 1.88. The maximum Gasteiger partial charge on any atom is 0.295 e. The first-order valence-corrected chi connectivity index (χ1v) is 6.24. The lowest BCUT2D eigenvalue weighted by Crippen LogP contribution is -2.14. The standard InChI is InChI=1S/C15H11N5O/c1-3-11-5-4-6-12(9-11)17-14(21)13-18-15-16-8-7-10(2)20(15)19-13/h1,4-9H,2H3,(H,17,21). The fourth-order valence-electron chi connectivity index (χ4n) is 1.88. The van der Waals surface area contributed by atoms with Crippen LogP contribution in [-0.4, -0.2) is 25.5 Å². The topological polar surface area (TPSA) is 72.2 Å². The van der Waals surface area contributed by atoms with E-state index in [4.69, 9.17) is 6.42 Å². The molecule has 1 N–H and O–H groups in total. The van der Waals surface area contributed by atoms with Gasteiger partial charge < -0.3 is 5.32 Å². The molecule has 2 heterocycles. The Hall–Kier alpha value is -3.20. The van der Waals surface area contributed by atoms with E-state index in [1.807, 2.05) is 6.92 Å². The first kappa shape index (κ1) is 12.8. The number of hydrogen-bond acceptors (Lipinski definition) is 4. The summed E-state index contributed by atoms with van der Waals surface area (Å²) in [5.41, 5.74) is 2.13. The van der Waals surface area contributed by atoms with Gasteiger partial charge in [0.25, 0.3) is 11.7 Å². The molecule has 0 bridgehead atoms. The van der Waals surface area contributed by atoms with Crippen LogP contribution in [0.2, 0.25) is 0 Å². The highest BCUT2D eigenvalue weighted by atomic mass is 16.2. The minimum absolute atomic E-state index is 0.0583. The molecule has 0 atom stereocenters. The molecule has 6 nitrogen and oxygen atoms in total. The van der Waals surface area contributed by atoms with Crippen molar-refractivity contribution in [2.75, 3.05) is 5.32 Å². The van der Waals surface area contributed by atoms with Crippen molar-refractivity contribution in [2.45, 2.75) is 6.92 Å². The third-order valence-corrected chi connectivity index (χ3v) is 2.92. The SMILES string of the molecule is C#Cc1cccc(NC(=O)c2nc3nccc(C)n3n2)c1. The zero-order chi connectivity index (χ0) is 14.8. The van der Waals surface area contributed by atoms with Crippen LogP contribution in [0.1, 0.15) is 21.9 Å². The van der Waals surface area contributed by atoms with Crippen molar-refractivity contribution in [3.05, 3.63) is 53.6 Å². The lowest BCUT2D eigenvalue weighted by Gasteiger charge is -2.02. The van der Waals surface area contributed by atoms with Gasteiger partial charge in [0.15, 0.2) is 0 Å². The second-order valence-corrected chi connectivity index (χ2v) is 4.41. The van der Waals surface area contributed by atoms with Crippen molar-refractivity contribution in [3.8, 4) is 12.3 Å². The summed E-state index contributed by atoms with van der Waals surface area (Å²) in [4.78, 5) is 20.3. The lowest BCUT2D eigenvalue weighted by molar-refractivity contribution is 0.101. The van der Waals surface area contributed by atoms with Crippen molar-refractivity contribution in [2.24, 2.45) is 0 Å². The molecule has 3 aromatic rings. The van der Waals surface area contributed by atoms with Crippen LogP contribution in [0.4, 0.5) is 5.69 Å². The molecule has 0 fully saturated rings. The zero-order valence-corrected chi connectivity index (χ0v) is 11.2. The van der Waals surface area contributed by atoms with E-state index < -0.39 is 5.91 Å². The van der Waals surface area contributed by atoms with Gasteiger partial charge in [0, 0.05) is 23.1 Å². The summed E-state index contributed by atoms with van der Waals surface area (Å²) in [5.74, 6) is 2.55. The van der Waals surface area contributed by atoms with Crippen LogP contribution in [0, 0.1) is 19.3 Å². The van der Waals surface area contributed by atoms with Crippen molar-refractivity contribution in [1.82, 2.24) is 19.6 Å². The average molecular weight is 277 g/mol. The van der Waals surface area contributed by atoms with Gasteiger partial charge in [0.1, 0.15) is 0 Å². The molecule has 0 aliphatic rings. The van der Waals surface area contributed by atoms with Gasteiger partial charge in [-0.2, -0.15) is 4.98 Å². The first-order chi connectivity index (χ1) is 10.2. The third kappa shape index (κ3) is 2.44. The summed E-state index contributed by atoms with van der Waals surface area (Å²) < 4.78 is 1.52. The highest BCUT2D eigenvalue weighted by molar-refractivity contribution is 6.01. The van der Waals surface area contributed by atoms with Gasteiger partial charge in [0.05, 0.1) is 0 Å². The smallest absolute Gasteiger partial charge is 0.295 e. The molecule has 1 aromatic carbocycles. The summed E-state index contributed by atoms with van der Waals surface area (Å²) in [5, 5.41) is 6.85. The number of anilines is 1. The van der Waals surface area contributed by atoms with E-state index in [2.05, 4.69) is 26.3 Å². The Kier molecular flexibility index (Phi) is 3.09. The van der Waals surface area contributed by atoms with Crippen molar-refractivity contribution < 1.29 is 4.79 Å². The van der Waals surface area contributed by atoms with E-state index in [1.165, 1.54) is 4.52 Å². The Bertz CT molecular complexity index is 875. The van der Waals surface area contributed by atoms with Gasteiger partial charge in [0.2, 0.25) is 5.82 Å². The molecule has 0 radical (unpaired) electrons. The highest BCUT2D eigenvalue weighted by Gasteiger charge is 2.14. The van der Waals surface area contributed by atoms with Gasteiger partial charge >= 0.3 is 0 Å². The average Bonchev–Trinajstić information content (AvgIpc) is 2.93. The minimum Gasteiger partial charge on any atom is -0.319 e. The quantitative estimate of drug-likeness (QED) is 0.723. The Morgan fingerprint density at radius 2 is 2.24 bits per heavy atom. The molecule has 0 spiro atoms. The molecule has 0 aliphatic heterocycles. The molecule has 102 valence electrons. The number of aromatic nitrogens is 4. The van der Waals surface area contributed by atoms with E-state index in [-0.39, 0.29) is 5.82 Å². The van der Waals surface area contributed by atoms with Gasteiger partial charge in [-0.3, -0.25) is 4.79 Å². The summed E-state index contributed by atoms with van der Waals surface area (Å²) in [6.07, 6.45) is 6.95. The largest absolute Gasteiger partial charge is 0.319 e. The molecule has 21 heavy (non-hydrogen) atoms. The Morgan fingerprint density at radius 3 is 3.00 bits per heavy atom. The molecule has 0 saturated heterocycles. The lowest BCUT2D eigenvalue weighted by atomic mass is 10.2. The number of amides is 1. The van der Waals surface area contributed by atoms with Gasteiger partial charge in [-0.1, -0.05) is 12.0 Å². The van der Waals surface area contributed by atoms with Crippen molar-refractivity contribution in [3.63, 3.8) is 0 Å². The molecule has 1 amide bonds. The molecule has 0 aliphatic carbocycles. The second-order valence-electron chi connectivity index (χ2n) is 4.41. The van der Waals surface area contributed by atoms with E-state index in [1.54, 1.807) is 36.5 Å². The predicted octanol–water partition coefficient (Wildman–Crippen LogP) is 1.67. The molecule has 3 rings (SSSR count). The van der Waals surface area contributed by atoms with E-state index in [0.717, 1.165) is 5.69 Å². The third-order valence-electron chi connectivity index (χ3n) is 2.92. The summed E-state index contributed by atoms with van der Waals surface area (Å²) in [6.45, 7) is 1.86. The van der Waals surface area contributed by atoms with Crippen LogP contribution in [0.5, 0.6) is 0 Å². The molecule has 0 unspecified atom stereocenters. The molecular formula is C15H11N5O.